The zero-order valence-corrected chi connectivity index (χ0v) is 18.6. The van der Waals surface area contributed by atoms with Gasteiger partial charge in [0, 0.05) is 10.5 Å². The van der Waals surface area contributed by atoms with Gasteiger partial charge in [-0.15, -0.1) is 0 Å². The van der Waals surface area contributed by atoms with Crippen LogP contribution >= 0.6 is 15.9 Å². The van der Waals surface area contributed by atoms with E-state index in [0.717, 1.165) is 4.47 Å². The van der Waals surface area contributed by atoms with Crippen molar-refractivity contribution >= 4 is 37.8 Å². The highest BCUT2D eigenvalue weighted by Gasteiger charge is 2.27. The summed E-state index contributed by atoms with van der Waals surface area (Å²) >= 11 is 3.26. The number of carbonyl (C=O) groups is 2. The van der Waals surface area contributed by atoms with Gasteiger partial charge in [0.25, 0.3) is 0 Å². The molecule has 0 bridgehead atoms. The molecule has 7 nitrogen and oxygen atoms in total. The van der Waals surface area contributed by atoms with Gasteiger partial charge in [-0.3, -0.25) is 4.79 Å². The van der Waals surface area contributed by atoms with Crippen LogP contribution in [0.15, 0.2) is 33.6 Å². The third-order valence-electron chi connectivity index (χ3n) is 3.60. The largest absolute Gasteiger partial charge is 0.447 e. The van der Waals surface area contributed by atoms with Crippen LogP contribution in [-0.2, 0) is 19.4 Å². The Hall–Kier alpha value is -1.61. The van der Waals surface area contributed by atoms with Crippen LogP contribution in [0.4, 0.5) is 4.79 Å². The third kappa shape index (κ3) is 7.88. The van der Waals surface area contributed by atoms with E-state index >= 15 is 0 Å². The van der Waals surface area contributed by atoms with Crippen LogP contribution in [0.2, 0.25) is 0 Å². The number of halogens is 1. The second-order valence-corrected chi connectivity index (χ2v) is 9.91. The maximum Gasteiger partial charge on any atom is 0.408 e. The van der Waals surface area contributed by atoms with E-state index < -0.39 is 33.9 Å². The molecule has 1 aromatic rings. The van der Waals surface area contributed by atoms with E-state index in [1.54, 1.807) is 46.8 Å². The third-order valence-corrected chi connectivity index (χ3v) is 6.05. The standard InChI is InChI=1S/C18H27BrN2O5S/c1-11(2)16(21-18(23)26-12(3)4)17(22)20-13(5)10-27(24,25)15-8-6-14(19)7-9-15/h6-9,11-13,16H,10H2,1-5H3,(H,20,22)(H,21,23). The van der Waals surface area contributed by atoms with Crippen LogP contribution in [0.5, 0.6) is 0 Å². The molecule has 0 aliphatic rings. The highest BCUT2D eigenvalue weighted by atomic mass is 79.9. The van der Waals surface area contributed by atoms with Crippen molar-refractivity contribution in [1.82, 2.24) is 10.6 Å². The molecule has 0 aliphatic carbocycles. The quantitative estimate of drug-likeness (QED) is 0.618. The summed E-state index contributed by atoms with van der Waals surface area (Å²) in [4.78, 5) is 24.5. The summed E-state index contributed by atoms with van der Waals surface area (Å²) in [5.74, 6) is -0.897. The summed E-state index contributed by atoms with van der Waals surface area (Å²) in [7, 11) is -3.55. The van der Waals surface area contributed by atoms with E-state index in [2.05, 4.69) is 26.6 Å². The lowest BCUT2D eigenvalue weighted by molar-refractivity contribution is -0.124. The molecule has 0 radical (unpaired) electrons. The number of nitrogens with one attached hydrogen (secondary N) is 2. The van der Waals surface area contributed by atoms with Crippen molar-refractivity contribution in [2.24, 2.45) is 5.92 Å². The highest BCUT2D eigenvalue weighted by Crippen LogP contribution is 2.16. The Balaban J connectivity index is 2.75. The molecule has 9 heteroatoms. The number of carbonyl (C=O) groups excluding carboxylic acids is 2. The van der Waals surface area contributed by atoms with Crippen molar-refractivity contribution in [1.29, 1.82) is 0 Å². The minimum absolute atomic E-state index is 0.186. The number of rotatable bonds is 8. The molecule has 0 aromatic heterocycles. The van der Waals surface area contributed by atoms with Gasteiger partial charge in [0.05, 0.1) is 16.8 Å². The van der Waals surface area contributed by atoms with Crippen LogP contribution in [0.3, 0.4) is 0 Å². The smallest absolute Gasteiger partial charge is 0.408 e. The van der Waals surface area contributed by atoms with E-state index in [9.17, 15) is 18.0 Å². The molecule has 2 N–H and O–H groups in total. The molecule has 0 saturated carbocycles. The number of ether oxygens (including phenoxy) is 1. The summed E-state index contributed by atoms with van der Waals surface area (Å²) in [6, 6.07) is 4.86. The predicted molar refractivity (Wildman–Crippen MR) is 107 cm³/mol. The Labute approximate surface area is 169 Å². The molecule has 0 aliphatic heterocycles. The van der Waals surface area contributed by atoms with Crippen LogP contribution < -0.4 is 10.6 Å². The first-order chi connectivity index (χ1) is 12.4. The number of amides is 2. The van der Waals surface area contributed by atoms with E-state index in [-0.39, 0.29) is 22.7 Å². The zero-order chi connectivity index (χ0) is 20.8. The fourth-order valence-electron chi connectivity index (χ4n) is 2.35. The van der Waals surface area contributed by atoms with Gasteiger partial charge in [-0.05, 0) is 51.0 Å². The van der Waals surface area contributed by atoms with Gasteiger partial charge in [0.1, 0.15) is 6.04 Å². The predicted octanol–water partition coefficient (Wildman–Crippen LogP) is 2.89. The minimum atomic E-state index is -3.55. The molecule has 1 rings (SSSR count). The highest BCUT2D eigenvalue weighted by molar-refractivity contribution is 9.10. The van der Waals surface area contributed by atoms with Gasteiger partial charge in [0.15, 0.2) is 9.84 Å². The van der Waals surface area contributed by atoms with Crippen molar-refractivity contribution in [3.05, 3.63) is 28.7 Å². The second kappa shape index (κ2) is 10.1. The second-order valence-electron chi connectivity index (χ2n) is 6.97. The Bertz CT molecular complexity index is 748. The van der Waals surface area contributed by atoms with Gasteiger partial charge >= 0.3 is 6.09 Å². The zero-order valence-electron chi connectivity index (χ0n) is 16.2. The number of sulfone groups is 1. The lowest BCUT2D eigenvalue weighted by Crippen LogP contribution is -2.52. The number of hydrogen-bond acceptors (Lipinski definition) is 5. The summed E-state index contributed by atoms with van der Waals surface area (Å²) in [6.07, 6.45) is -0.996. The van der Waals surface area contributed by atoms with Crippen molar-refractivity contribution in [2.75, 3.05) is 5.75 Å². The van der Waals surface area contributed by atoms with Crippen LogP contribution in [0.25, 0.3) is 0 Å². The van der Waals surface area contributed by atoms with Gasteiger partial charge in [-0.1, -0.05) is 29.8 Å². The average Bonchev–Trinajstić information content (AvgIpc) is 2.51. The van der Waals surface area contributed by atoms with Crippen LogP contribution in [0.1, 0.15) is 34.6 Å². The Morgan fingerprint density at radius 2 is 1.59 bits per heavy atom. The summed E-state index contributed by atoms with van der Waals surface area (Å²) in [5, 5.41) is 5.19. The average molecular weight is 463 g/mol. The van der Waals surface area contributed by atoms with Crippen molar-refractivity contribution in [3.8, 4) is 0 Å². The lowest BCUT2D eigenvalue weighted by Gasteiger charge is -2.24. The molecule has 2 unspecified atom stereocenters. The molecule has 0 heterocycles. The molecule has 0 fully saturated rings. The van der Waals surface area contributed by atoms with Crippen molar-refractivity contribution in [2.45, 2.75) is 57.7 Å². The summed E-state index contributed by atoms with van der Waals surface area (Å²) in [6.45, 7) is 8.59. The monoisotopic (exact) mass is 462 g/mol. The normalized spacial score (nSPS) is 13.9. The summed E-state index contributed by atoms with van der Waals surface area (Å²) in [5.41, 5.74) is 0. The molecule has 2 amide bonds. The van der Waals surface area contributed by atoms with Crippen molar-refractivity contribution in [3.63, 3.8) is 0 Å². The molecule has 0 spiro atoms. The SMILES string of the molecule is CC(CS(=O)(=O)c1ccc(Br)cc1)NC(=O)C(NC(=O)OC(C)C)C(C)C. The number of hydrogen-bond donors (Lipinski definition) is 2. The number of alkyl carbamates (subject to hydrolysis) is 1. The molecule has 152 valence electrons. The molecular formula is C18H27BrN2O5S. The van der Waals surface area contributed by atoms with Crippen LogP contribution in [0, 0.1) is 5.92 Å². The maximum absolute atomic E-state index is 12.5. The topological polar surface area (TPSA) is 102 Å². The van der Waals surface area contributed by atoms with E-state index in [4.69, 9.17) is 4.74 Å². The Morgan fingerprint density at radius 1 is 1.04 bits per heavy atom. The first kappa shape index (κ1) is 23.4. The van der Waals surface area contributed by atoms with E-state index in [1.807, 2.05) is 0 Å². The Kier molecular flexibility index (Phi) is 8.74. The van der Waals surface area contributed by atoms with E-state index in [0.29, 0.717) is 0 Å². The first-order valence-corrected chi connectivity index (χ1v) is 11.1. The fourth-order valence-corrected chi connectivity index (χ4v) is 4.10. The van der Waals surface area contributed by atoms with Crippen molar-refractivity contribution < 1.29 is 22.7 Å². The lowest BCUT2D eigenvalue weighted by atomic mass is 10.0. The molecule has 0 saturated heterocycles. The van der Waals surface area contributed by atoms with Gasteiger partial charge in [-0.25, -0.2) is 13.2 Å². The van der Waals surface area contributed by atoms with Gasteiger partial charge in [-0.2, -0.15) is 0 Å². The van der Waals surface area contributed by atoms with Gasteiger partial charge in [0.2, 0.25) is 5.91 Å². The Morgan fingerprint density at radius 3 is 2.07 bits per heavy atom. The fraction of sp³-hybridized carbons (Fsp3) is 0.556. The molecule has 27 heavy (non-hydrogen) atoms. The summed E-state index contributed by atoms with van der Waals surface area (Å²) < 4.78 is 30.7. The molecule has 2 atom stereocenters. The first-order valence-electron chi connectivity index (χ1n) is 8.68. The number of benzene rings is 1. The maximum atomic E-state index is 12.5. The minimum Gasteiger partial charge on any atom is -0.447 e. The molecular weight excluding hydrogens is 436 g/mol. The van der Waals surface area contributed by atoms with Gasteiger partial charge < -0.3 is 15.4 Å². The molecule has 1 aromatic carbocycles. The van der Waals surface area contributed by atoms with E-state index in [1.165, 1.54) is 12.1 Å². The van der Waals surface area contributed by atoms with Crippen LogP contribution in [-0.4, -0.2) is 44.4 Å².